The van der Waals surface area contributed by atoms with Crippen molar-refractivity contribution in [3.63, 3.8) is 0 Å². The summed E-state index contributed by atoms with van der Waals surface area (Å²) in [6.45, 7) is 5.36. The molecule has 2 aromatic rings. The van der Waals surface area contributed by atoms with Gasteiger partial charge in [0.2, 0.25) is 0 Å². The number of aromatic nitrogens is 2. The summed E-state index contributed by atoms with van der Waals surface area (Å²) in [7, 11) is 1.77. The number of carbonyl (C=O) groups excluding carboxylic acids is 1. The van der Waals surface area contributed by atoms with Crippen molar-refractivity contribution in [2.75, 3.05) is 45.3 Å². The Hall–Kier alpha value is -2.96. The van der Waals surface area contributed by atoms with Gasteiger partial charge >= 0.3 is 6.36 Å². The molecule has 4 heterocycles. The topological polar surface area (TPSA) is 95.0 Å². The first-order valence-electron chi connectivity index (χ1n) is 16.2. The van der Waals surface area contributed by atoms with Crippen molar-refractivity contribution in [1.82, 2.24) is 15.1 Å². The standard InChI is InChI=1S/C33H45F3N4O5/c1-22-28(37-19-27-7-4-8-29(44-27)25-9-11-26(12-10-25)45-33(34,35)36)20-38-39-31(22)32(41)40-16-13-23(14-17-40)5-3-6-24-15-18-43-21-30(24)42-2/h9-12,20,23-24,27,29-30H,3-8,13-19,21H2,1-2H3,(H,37,39)/t24-,27?,29-,30+/m0/s1. The van der Waals surface area contributed by atoms with Gasteiger partial charge in [0.25, 0.3) is 5.91 Å². The molecule has 3 saturated heterocycles. The van der Waals surface area contributed by atoms with Crippen molar-refractivity contribution < 1.29 is 36.9 Å². The molecule has 3 fully saturated rings. The molecule has 1 N–H and O–H groups in total. The SMILES string of the molecule is CO[C@@H]1COCC[C@@H]1CCCC1CCN(C(=O)c2nncc(NCC3CCC[C@@H](c4ccc(OC(F)(F)F)cc4)O3)c2C)CC1. The molecule has 0 aliphatic carbocycles. The molecule has 45 heavy (non-hydrogen) atoms. The number of amides is 1. The zero-order chi connectivity index (χ0) is 31.8. The second-order valence-electron chi connectivity index (χ2n) is 12.5. The van der Waals surface area contributed by atoms with E-state index in [9.17, 15) is 18.0 Å². The largest absolute Gasteiger partial charge is 0.573 e. The molecule has 5 rings (SSSR count). The highest BCUT2D eigenvalue weighted by atomic mass is 19.4. The molecule has 9 nitrogen and oxygen atoms in total. The zero-order valence-corrected chi connectivity index (χ0v) is 26.2. The predicted octanol–water partition coefficient (Wildman–Crippen LogP) is 6.48. The van der Waals surface area contributed by atoms with Crippen LogP contribution in [0.4, 0.5) is 18.9 Å². The van der Waals surface area contributed by atoms with Gasteiger partial charge in [-0.1, -0.05) is 25.0 Å². The van der Waals surface area contributed by atoms with Crippen LogP contribution in [0.2, 0.25) is 0 Å². The molecule has 12 heteroatoms. The van der Waals surface area contributed by atoms with E-state index in [1.54, 1.807) is 25.4 Å². The van der Waals surface area contributed by atoms with Gasteiger partial charge in [0.15, 0.2) is 5.69 Å². The van der Waals surface area contributed by atoms with Crippen LogP contribution in [0.5, 0.6) is 5.75 Å². The van der Waals surface area contributed by atoms with Gasteiger partial charge in [-0.3, -0.25) is 4.79 Å². The van der Waals surface area contributed by atoms with Gasteiger partial charge in [-0.05, 0) is 81.4 Å². The molecule has 3 aliphatic heterocycles. The highest BCUT2D eigenvalue weighted by Gasteiger charge is 2.32. The number of piperidine rings is 1. The lowest BCUT2D eigenvalue weighted by Crippen LogP contribution is -2.39. The summed E-state index contributed by atoms with van der Waals surface area (Å²) in [5.74, 6) is 0.860. The Kier molecular flexibility index (Phi) is 11.5. The van der Waals surface area contributed by atoms with E-state index in [0.29, 0.717) is 30.7 Å². The van der Waals surface area contributed by atoms with E-state index in [1.807, 2.05) is 11.8 Å². The first-order valence-corrected chi connectivity index (χ1v) is 16.2. The summed E-state index contributed by atoms with van der Waals surface area (Å²) < 4.78 is 58.9. The quantitative estimate of drug-likeness (QED) is 0.300. The van der Waals surface area contributed by atoms with Crippen LogP contribution in [0, 0.1) is 18.8 Å². The second kappa shape index (κ2) is 15.6. The number of likely N-dealkylation sites (tertiary alicyclic amines) is 1. The van der Waals surface area contributed by atoms with Crippen LogP contribution in [0.3, 0.4) is 0 Å². The Bertz CT molecular complexity index is 1240. The molecule has 1 unspecified atom stereocenters. The molecule has 1 amide bonds. The van der Waals surface area contributed by atoms with E-state index in [4.69, 9.17) is 14.2 Å². The molecule has 1 aromatic carbocycles. The van der Waals surface area contributed by atoms with Gasteiger partial charge in [0.1, 0.15) is 5.75 Å². The van der Waals surface area contributed by atoms with Gasteiger partial charge in [0, 0.05) is 38.9 Å². The fourth-order valence-electron chi connectivity index (χ4n) is 6.82. The number of hydrogen-bond donors (Lipinski definition) is 1. The Labute approximate surface area is 263 Å². The highest BCUT2D eigenvalue weighted by molar-refractivity contribution is 5.94. The lowest BCUT2D eigenvalue weighted by atomic mass is 9.86. The Morgan fingerprint density at radius 2 is 1.87 bits per heavy atom. The lowest BCUT2D eigenvalue weighted by molar-refractivity contribution is -0.274. The number of methoxy groups -OCH3 is 1. The molecule has 3 aliphatic rings. The maximum absolute atomic E-state index is 13.4. The molecule has 0 bridgehead atoms. The van der Waals surface area contributed by atoms with E-state index in [1.165, 1.54) is 25.0 Å². The zero-order valence-electron chi connectivity index (χ0n) is 26.2. The number of anilines is 1. The molecule has 1 aromatic heterocycles. The van der Waals surface area contributed by atoms with Gasteiger partial charge in [0.05, 0.1) is 36.8 Å². The van der Waals surface area contributed by atoms with Crippen molar-refractivity contribution in [3.8, 4) is 5.75 Å². The van der Waals surface area contributed by atoms with E-state index in [2.05, 4.69) is 20.3 Å². The average Bonchev–Trinajstić information content (AvgIpc) is 3.04. The number of carbonyl (C=O) groups is 1. The van der Waals surface area contributed by atoms with E-state index in [0.717, 1.165) is 81.5 Å². The van der Waals surface area contributed by atoms with Crippen LogP contribution >= 0.6 is 0 Å². The number of rotatable bonds is 11. The van der Waals surface area contributed by atoms with Crippen LogP contribution in [-0.4, -0.2) is 79.5 Å². The van der Waals surface area contributed by atoms with Gasteiger partial charge in [-0.25, -0.2) is 0 Å². The minimum atomic E-state index is -4.72. The summed E-state index contributed by atoms with van der Waals surface area (Å²) >= 11 is 0. The minimum absolute atomic E-state index is 0.0841. The van der Waals surface area contributed by atoms with Crippen molar-refractivity contribution in [1.29, 1.82) is 0 Å². The molecule has 0 radical (unpaired) electrons. The Morgan fingerprint density at radius 1 is 1.09 bits per heavy atom. The summed E-state index contributed by atoms with van der Waals surface area (Å²) in [5.41, 5.74) is 2.68. The summed E-state index contributed by atoms with van der Waals surface area (Å²) in [6.07, 6.45) is 5.92. The fourth-order valence-corrected chi connectivity index (χ4v) is 6.82. The van der Waals surface area contributed by atoms with E-state index in [-0.39, 0.29) is 30.0 Å². The molecular weight excluding hydrogens is 589 g/mol. The Balaban J connectivity index is 1.08. The first-order chi connectivity index (χ1) is 21.7. The second-order valence-corrected chi connectivity index (χ2v) is 12.5. The van der Waals surface area contributed by atoms with Crippen molar-refractivity contribution >= 4 is 11.6 Å². The predicted molar refractivity (Wildman–Crippen MR) is 162 cm³/mol. The Morgan fingerprint density at radius 3 is 2.60 bits per heavy atom. The van der Waals surface area contributed by atoms with Crippen molar-refractivity contribution in [2.45, 2.75) is 89.4 Å². The fraction of sp³-hybridized carbons (Fsp3) is 0.667. The minimum Gasteiger partial charge on any atom is -0.406 e. The molecule has 0 saturated carbocycles. The number of hydrogen-bond acceptors (Lipinski definition) is 8. The monoisotopic (exact) mass is 634 g/mol. The summed E-state index contributed by atoms with van der Waals surface area (Å²) in [5, 5.41) is 11.7. The normalized spacial score (nSPS) is 24.8. The number of alkyl halides is 3. The van der Waals surface area contributed by atoms with E-state index < -0.39 is 6.36 Å². The third kappa shape index (κ3) is 9.29. The van der Waals surface area contributed by atoms with Crippen LogP contribution in [0.25, 0.3) is 0 Å². The molecular formula is C33H45F3N4O5. The molecule has 0 spiro atoms. The van der Waals surface area contributed by atoms with Crippen LogP contribution in [0.15, 0.2) is 30.5 Å². The number of nitrogens with one attached hydrogen (secondary N) is 1. The van der Waals surface area contributed by atoms with Crippen LogP contribution in [0.1, 0.15) is 85.5 Å². The molecule has 4 atom stereocenters. The third-order valence-electron chi connectivity index (χ3n) is 9.49. The number of benzene rings is 1. The van der Waals surface area contributed by atoms with Gasteiger partial charge in [-0.15, -0.1) is 18.3 Å². The van der Waals surface area contributed by atoms with Crippen molar-refractivity contribution in [2.24, 2.45) is 11.8 Å². The number of ether oxygens (including phenoxy) is 4. The third-order valence-corrected chi connectivity index (χ3v) is 9.49. The van der Waals surface area contributed by atoms with Gasteiger partial charge < -0.3 is 29.2 Å². The summed E-state index contributed by atoms with van der Waals surface area (Å²) in [6, 6.07) is 5.85. The molecule has 248 valence electrons. The van der Waals surface area contributed by atoms with Crippen molar-refractivity contribution in [3.05, 3.63) is 47.3 Å². The van der Waals surface area contributed by atoms with E-state index >= 15 is 0 Å². The highest BCUT2D eigenvalue weighted by Crippen LogP contribution is 2.34. The average molecular weight is 635 g/mol. The number of halogens is 3. The van der Waals surface area contributed by atoms with Crippen LogP contribution in [-0.2, 0) is 14.2 Å². The summed E-state index contributed by atoms with van der Waals surface area (Å²) in [4.78, 5) is 15.3. The number of nitrogens with zero attached hydrogens (tertiary/aromatic N) is 3. The maximum Gasteiger partial charge on any atom is 0.573 e. The maximum atomic E-state index is 13.4. The van der Waals surface area contributed by atoms with Gasteiger partial charge in [-0.2, -0.15) is 5.10 Å². The van der Waals surface area contributed by atoms with Crippen LogP contribution < -0.4 is 10.1 Å². The smallest absolute Gasteiger partial charge is 0.406 e. The first kappa shape index (κ1) is 33.4. The lowest BCUT2D eigenvalue weighted by Gasteiger charge is -2.33.